The van der Waals surface area contributed by atoms with Crippen molar-refractivity contribution in [3.63, 3.8) is 0 Å². The number of benzene rings is 1. The number of aromatic nitrogens is 2. The molecule has 1 fully saturated rings. The third-order valence-corrected chi connectivity index (χ3v) is 4.65. The van der Waals surface area contributed by atoms with E-state index in [0.717, 1.165) is 17.3 Å². The highest BCUT2D eigenvalue weighted by molar-refractivity contribution is 7.07. The molecule has 1 N–H and O–H groups in total. The lowest BCUT2D eigenvalue weighted by molar-refractivity contribution is 0.200. The molecule has 6 heteroatoms. The zero-order chi connectivity index (χ0) is 15.9. The van der Waals surface area contributed by atoms with Gasteiger partial charge < -0.3 is 14.8 Å². The van der Waals surface area contributed by atoms with Crippen LogP contribution in [0.4, 0.5) is 5.69 Å². The Labute approximate surface area is 141 Å². The van der Waals surface area contributed by atoms with Crippen LogP contribution in [0.25, 0.3) is 0 Å². The third-order valence-electron chi connectivity index (χ3n) is 4.01. The molecule has 124 valence electrons. The minimum absolute atomic E-state index is 0.573. The number of anilines is 1. The second-order valence-electron chi connectivity index (χ2n) is 5.83. The van der Waals surface area contributed by atoms with E-state index in [1.807, 2.05) is 12.1 Å². The summed E-state index contributed by atoms with van der Waals surface area (Å²) in [6, 6.07) is 8.69. The van der Waals surface area contributed by atoms with Crippen LogP contribution in [0.15, 0.2) is 24.3 Å². The van der Waals surface area contributed by atoms with E-state index in [2.05, 4.69) is 26.8 Å². The van der Waals surface area contributed by atoms with Crippen LogP contribution in [-0.4, -0.2) is 29.1 Å². The molecule has 1 aromatic carbocycles. The fourth-order valence-electron chi connectivity index (χ4n) is 2.78. The molecule has 0 bridgehead atoms. The predicted molar refractivity (Wildman–Crippen MR) is 92.5 cm³/mol. The minimum Gasteiger partial charge on any atom is -0.430 e. The molecular weight excluding hydrogens is 310 g/mol. The van der Waals surface area contributed by atoms with E-state index >= 15 is 0 Å². The molecule has 1 heterocycles. The van der Waals surface area contributed by atoms with Gasteiger partial charge in [-0.25, -0.2) is 0 Å². The standard InChI is InChI=1S/C17H23N3O2S/c1-21-12-11-16-19-17(23-20-16)22-15-9-7-14(8-10-15)18-13-5-3-2-4-6-13/h7-10,13,18H,2-6,11-12H2,1H3. The number of methoxy groups -OCH3 is 1. The smallest absolute Gasteiger partial charge is 0.298 e. The number of hydrogen-bond acceptors (Lipinski definition) is 6. The summed E-state index contributed by atoms with van der Waals surface area (Å²) in [4.78, 5) is 4.35. The molecule has 0 atom stereocenters. The van der Waals surface area contributed by atoms with Gasteiger partial charge in [-0.3, -0.25) is 0 Å². The lowest BCUT2D eigenvalue weighted by atomic mass is 9.95. The van der Waals surface area contributed by atoms with Gasteiger partial charge in [0, 0.05) is 36.8 Å². The number of hydrogen-bond donors (Lipinski definition) is 1. The van der Waals surface area contributed by atoms with Crippen LogP contribution >= 0.6 is 11.5 Å². The van der Waals surface area contributed by atoms with Gasteiger partial charge >= 0.3 is 0 Å². The van der Waals surface area contributed by atoms with E-state index in [4.69, 9.17) is 9.47 Å². The van der Waals surface area contributed by atoms with Crippen LogP contribution < -0.4 is 10.1 Å². The fourth-order valence-corrected chi connectivity index (χ4v) is 3.37. The third kappa shape index (κ3) is 4.91. The predicted octanol–water partition coefficient (Wildman–Crippen LogP) is 4.26. The summed E-state index contributed by atoms with van der Waals surface area (Å²) in [5.41, 5.74) is 1.15. The molecule has 5 nitrogen and oxygen atoms in total. The largest absolute Gasteiger partial charge is 0.430 e. The SMILES string of the molecule is COCCc1nsc(Oc2ccc(NC3CCCCC3)cc2)n1. The molecule has 1 aromatic heterocycles. The maximum atomic E-state index is 5.76. The number of ether oxygens (including phenoxy) is 2. The summed E-state index contributed by atoms with van der Waals surface area (Å²) in [6.07, 6.45) is 7.29. The van der Waals surface area contributed by atoms with E-state index in [1.54, 1.807) is 7.11 Å². The van der Waals surface area contributed by atoms with Crippen molar-refractivity contribution < 1.29 is 9.47 Å². The summed E-state index contributed by atoms with van der Waals surface area (Å²) in [6.45, 7) is 0.623. The van der Waals surface area contributed by atoms with Crippen LogP contribution in [-0.2, 0) is 11.2 Å². The Morgan fingerprint density at radius 1 is 1.17 bits per heavy atom. The Kier molecular flexibility index (Phi) is 5.82. The summed E-state index contributed by atoms with van der Waals surface area (Å²) in [5, 5.41) is 4.18. The maximum absolute atomic E-state index is 5.76. The number of nitrogens with zero attached hydrogens (tertiary/aromatic N) is 2. The topological polar surface area (TPSA) is 56.3 Å². The summed E-state index contributed by atoms with van der Waals surface area (Å²) >= 11 is 1.27. The maximum Gasteiger partial charge on any atom is 0.298 e. The highest BCUT2D eigenvalue weighted by atomic mass is 32.1. The van der Waals surface area contributed by atoms with Gasteiger partial charge in [0.25, 0.3) is 5.19 Å². The van der Waals surface area contributed by atoms with Crippen molar-refractivity contribution in [1.82, 2.24) is 9.36 Å². The van der Waals surface area contributed by atoms with E-state index in [1.165, 1.54) is 43.6 Å². The van der Waals surface area contributed by atoms with Gasteiger partial charge in [0.15, 0.2) is 0 Å². The molecule has 0 unspecified atom stereocenters. The van der Waals surface area contributed by atoms with Gasteiger partial charge in [0.2, 0.25) is 0 Å². The van der Waals surface area contributed by atoms with Crippen molar-refractivity contribution in [1.29, 1.82) is 0 Å². The van der Waals surface area contributed by atoms with Gasteiger partial charge in [-0.2, -0.15) is 9.36 Å². The van der Waals surface area contributed by atoms with Gasteiger partial charge in [-0.15, -0.1) is 0 Å². The highest BCUT2D eigenvalue weighted by Gasteiger charge is 2.13. The van der Waals surface area contributed by atoms with Gasteiger partial charge in [-0.1, -0.05) is 19.3 Å². The molecule has 1 aliphatic rings. The Bertz CT molecular complexity index is 594. The summed E-state index contributed by atoms with van der Waals surface area (Å²) in [5.74, 6) is 1.55. The van der Waals surface area contributed by atoms with Crippen LogP contribution in [0, 0.1) is 0 Å². The monoisotopic (exact) mass is 333 g/mol. The van der Waals surface area contributed by atoms with Crippen LogP contribution in [0.2, 0.25) is 0 Å². The average Bonchev–Trinajstić information content (AvgIpc) is 3.03. The first-order valence-electron chi connectivity index (χ1n) is 8.19. The van der Waals surface area contributed by atoms with Crippen LogP contribution in [0.5, 0.6) is 10.9 Å². The zero-order valence-electron chi connectivity index (χ0n) is 13.5. The molecule has 0 aliphatic heterocycles. The lowest BCUT2D eigenvalue weighted by Gasteiger charge is -2.23. The van der Waals surface area contributed by atoms with E-state index in [9.17, 15) is 0 Å². The molecule has 1 aliphatic carbocycles. The first-order valence-corrected chi connectivity index (χ1v) is 8.97. The molecule has 0 radical (unpaired) electrons. The summed E-state index contributed by atoms with van der Waals surface area (Å²) in [7, 11) is 1.67. The Morgan fingerprint density at radius 3 is 2.70 bits per heavy atom. The van der Waals surface area contributed by atoms with E-state index in [0.29, 0.717) is 24.3 Å². The molecule has 2 aromatic rings. The molecule has 23 heavy (non-hydrogen) atoms. The first kappa shape index (κ1) is 16.2. The van der Waals surface area contributed by atoms with Gasteiger partial charge in [0.05, 0.1) is 6.61 Å². The second kappa shape index (κ2) is 8.26. The van der Waals surface area contributed by atoms with E-state index < -0.39 is 0 Å². The average molecular weight is 333 g/mol. The molecule has 0 spiro atoms. The number of rotatable bonds is 7. The molecule has 3 rings (SSSR count). The molecule has 0 amide bonds. The second-order valence-corrected chi connectivity index (χ2v) is 6.54. The van der Waals surface area contributed by atoms with Gasteiger partial charge in [0.1, 0.15) is 11.6 Å². The van der Waals surface area contributed by atoms with E-state index in [-0.39, 0.29) is 0 Å². The van der Waals surface area contributed by atoms with Crippen molar-refractivity contribution in [2.24, 2.45) is 0 Å². The Morgan fingerprint density at radius 2 is 1.96 bits per heavy atom. The highest BCUT2D eigenvalue weighted by Crippen LogP contribution is 2.26. The number of nitrogens with one attached hydrogen (secondary N) is 1. The van der Waals surface area contributed by atoms with Crippen LogP contribution in [0.3, 0.4) is 0 Å². The Hall–Kier alpha value is -1.66. The van der Waals surface area contributed by atoms with Crippen molar-refractivity contribution >= 4 is 17.2 Å². The molecule has 0 saturated heterocycles. The first-order chi connectivity index (χ1) is 11.3. The van der Waals surface area contributed by atoms with Crippen molar-refractivity contribution in [2.45, 2.75) is 44.6 Å². The van der Waals surface area contributed by atoms with Crippen molar-refractivity contribution in [2.75, 3.05) is 19.0 Å². The van der Waals surface area contributed by atoms with Crippen LogP contribution in [0.1, 0.15) is 37.9 Å². The Balaban J connectivity index is 1.53. The van der Waals surface area contributed by atoms with Gasteiger partial charge in [-0.05, 0) is 37.1 Å². The zero-order valence-corrected chi connectivity index (χ0v) is 14.3. The normalized spacial score (nSPS) is 15.5. The quantitative estimate of drug-likeness (QED) is 0.820. The fraction of sp³-hybridized carbons (Fsp3) is 0.529. The lowest BCUT2D eigenvalue weighted by Crippen LogP contribution is -2.22. The summed E-state index contributed by atoms with van der Waals surface area (Å²) < 4.78 is 15.0. The minimum atomic E-state index is 0.573. The molecule has 1 saturated carbocycles. The molecular formula is C17H23N3O2S. The van der Waals surface area contributed by atoms with Crippen molar-refractivity contribution in [3.8, 4) is 10.9 Å². The van der Waals surface area contributed by atoms with Crippen molar-refractivity contribution in [3.05, 3.63) is 30.1 Å².